The van der Waals surface area contributed by atoms with E-state index in [2.05, 4.69) is 0 Å². The Labute approximate surface area is 198 Å². The van der Waals surface area contributed by atoms with Crippen LogP contribution in [0.5, 0.6) is 0 Å². The molecular weight excluding hydrogens is 428 g/mol. The Morgan fingerprint density at radius 1 is 0.647 bits per heavy atom. The first-order chi connectivity index (χ1) is 16.6. The normalized spacial score (nSPS) is 10.1. The van der Waals surface area contributed by atoms with Crippen molar-refractivity contribution in [3.63, 3.8) is 0 Å². The standard InChI is InChI=1S/C18H18O4.C11H8O/c1-3-21-17(19)16(18(20)22-4-2)12-14-10-7-9-13-8-5-6-11-15(13)14;12-8-10-6-3-5-9-4-1-2-7-11(9)10/h5-12H,3-4H2,1-2H3;1-8H. The topological polar surface area (TPSA) is 69.7 Å². The van der Waals surface area contributed by atoms with Gasteiger partial charge in [0.1, 0.15) is 5.57 Å². The lowest BCUT2D eigenvalue weighted by Gasteiger charge is -2.08. The molecule has 0 saturated carbocycles. The fraction of sp³-hybridized carbons (Fsp3) is 0.138. The van der Waals surface area contributed by atoms with Crippen molar-refractivity contribution in [1.82, 2.24) is 0 Å². The molecule has 4 rings (SSSR count). The maximum atomic E-state index is 12.0. The number of carbonyl (C=O) groups is 3. The Hall–Kier alpha value is -4.25. The molecule has 0 spiro atoms. The Balaban J connectivity index is 0.000000226. The fourth-order valence-electron chi connectivity index (χ4n) is 3.50. The summed E-state index contributed by atoms with van der Waals surface area (Å²) in [7, 11) is 0. The summed E-state index contributed by atoms with van der Waals surface area (Å²) < 4.78 is 9.90. The van der Waals surface area contributed by atoms with Crippen LogP contribution >= 0.6 is 0 Å². The molecule has 5 heteroatoms. The van der Waals surface area contributed by atoms with Gasteiger partial charge in [0, 0.05) is 5.56 Å². The highest BCUT2D eigenvalue weighted by Crippen LogP contribution is 2.22. The number of esters is 2. The number of ether oxygens (including phenoxy) is 2. The number of aldehydes is 1. The lowest BCUT2D eigenvalue weighted by Crippen LogP contribution is -2.18. The van der Waals surface area contributed by atoms with E-state index in [1.165, 1.54) is 6.08 Å². The molecule has 0 bridgehead atoms. The minimum atomic E-state index is -0.672. The molecule has 34 heavy (non-hydrogen) atoms. The third kappa shape index (κ3) is 5.95. The van der Waals surface area contributed by atoms with Crippen molar-refractivity contribution >= 4 is 45.8 Å². The van der Waals surface area contributed by atoms with E-state index in [1.807, 2.05) is 84.9 Å². The van der Waals surface area contributed by atoms with Gasteiger partial charge in [0.05, 0.1) is 13.2 Å². The quantitative estimate of drug-likeness (QED) is 0.117. The van der Waals surface area contributed by atoms with E-state index >= 15 is 0 Å². The summed E-state index contributed by atoms with van der Waals surface area (Å²) >= 11 is 0. The molecule has 0 heterocycles. The molecule has 0 amide bonds. The van der Waals surface area contributed by atoms with E-state index in [0.29, 0.717) is 0 Å². The molecule has 172 valence electrons. The van der Waals surface area contributed by atoms with Gasteiger partial charge in [0.2, 0.25) is 0 Å². The van der Waals surface area contributed by atoms with Crippen molar-refractivity contribution in [2.45, 2.75) is 13.8 Å². The summed E-state index contributed by atoms with van der Waals surface area (Å²) in [5.74, 6) is -1.34. The van der Waals surface area contributed by atoms with E-state index in [0.717, 1.165) is 39.0 Å². The predicted octanol–water partition coefficient (Wildman–Crippen LogP) is 6.00. The Morgan fingerprint density at radius 2 is 1.09 bits per heavy atom. The first-order valence-electron chi connectivity index (χ1n) is 11.1. The average Bonchev–Trinajstić information content (AvgIpc) is 2.87. The van der Waals surface area contributed by atoms with E-state index in [1.54, 1.807) is 13.8 Å². The van der Waals surface area contributed by atoms with Gasteiger partial charge in [-0.3, -0.25) is 4.79 Å². The van der Waals surface area contributed by atoms with Gasteiger partial charge in [-0.05, 0) is 47.0 Å². The zero-order valence-electron chi connectivity index (χ0n) is 19.2. The van der Waals surface area contributed by atoms with Gasteiger partial charge in [-0.15, -0.1) is 0 Å². The highest BCUT2D eigenvalue weighted by atomic mass is 16.6. The van der Waals surface area contributed by atoms with Gasteiger partial charge in [-0.2, -0.15) is 0 Å². The Bertz CT molecular complexity index is 1310. The summed E-state index contributed by atoms with van der Waals surface area (Å²) in [4.78, 5) is 34.6. The zero-order chi connectivity index (χ0) is 24.3. The summed E-state index contributed by atoms with van der Waals surface area (Å²) in [5, 5.41) is 4.12. The van der Waals surface area contributed by atoms with Crippen molar-refractivity contribution < 1.29 is 23.9 Å². The highest BCUT2D eigenvalue weighted by Gasteiger charge is 2.21. The van der Waals surface area contributed by atoms with Crippen molar-refractivity contribution in [2.24, 2.45) is 0 Å². The lowest BCUT2D eigenvalue weighted by atomic mass is 10.0. The molecule has 4 aromatic carbocycles. The van der Waals surface area contributed by atoms with Crippen LogP contribution in [-0.2, 0) is 19.1 Å². The van der Waals surface area contributed by atoms with Crippen LogP contribution in [0.2, 0.25) is 0 Å². The van der Waals surface area contributed by atoms with Crippen molar-refractivity contribution in [3.05, 3.63) is 102 Å². The van der Waals surface area contributed by atoms with Crippen LogP contribution in [0.15, 0.2) is 90.5 Å². The molecule has 0 radical (unpaired) electrons. The van der Waals surface area contributed by atoms with Gasteiger partial charge in [0.15, 0.2) is 6.29 Å². The summed E-state index contributed by atoms with van der Waals surface area (Å²) in [6.07, 6.45) is 2.42. The van der Waals surface area contributed by atoms with Crippen molar-refractivity contribution in [2.75, 3.05) is 13.2 Å². The van der Waals surface area contributed by atoms with Crippen LogP contribution in [0.1, 0.15) is 29.8 Å². The average molecular weight is 455 g/mol. The highest BCUT2D eigenvalue weighted by molar-refractivity contribution is 6.18. The molecule has 0 aliphatic rings. The predicted molar refractivity (Wildman–Crippen MR) is 135 cm³/mol. The maximum absolute atomic E-state index is 12.0. The first kappa shape index (κ1) is 24.4. The molecule has 4 aromatic rings. The number of hydrogen-bond donors (Lipinski definition) is 0. The van der Waals surface area contributed by atoms with Crippen LogP contribution in [0.3, 0.4) is 0 Å². The Morgan fingerprint density at radius 3 is 1.59 bits per heavy atom. The molecule has 0 N–H and O–H groups in total. The van der Waals surface area contributed by atoms with E-state index < -0.39 is 11.9 Å². The maximum Gasteiger partial charge on any atom is 0.345 e. The third-order valence-electron chi connectivity index (χ3n) is 5.06. The van der Waals surface area contributed by atoms with Gasteiger partial charge < -0.3 is 9.47 Å². The summed E-state index contributed by atoms with van der Waals surface area (Å²) in [6, 6.07) is 27.1. The largest absolute Gasteiger partial charge is 0.462 e. The number of benzene rings is 4. The van der Waals surface area contributed by atoms with Crippen molar-refractivity contribution in [3.8, 4) is 0 Å². The first-order valence-corrected chi connectivity index (χ1v) is 11.1. The minimum absolute atomic E-state index is 0.0972. The molecule has 0 aliphatic heterocycles. The van der Waals surface area contributed by atoms with Gasteiger partial charge in [-0.1, -0.05) is 84.9 Å². The fourth-order valence-corrected chi connectivity index (χ4v) is 3.50. The third-order valence-corrected chi connectivity index (χ3v) is 5.06. The molecule has 0 aliphatic carbocycles. The molecular formula is C29H26O5. The monoisotopic (exact) mass is 454 g/mol. The van der Waals surface area contributed by atoms with Crippen LogP contribution in [0.25, 0.3) is 27.6 Å². The number of fused-ring (bicyclic) bond motifs is 2. The van der Waals surface area contributed by atoms with Gasteiger partial charge in [-0.25, -0.2) is 9.59 Å². The van der Waals surface area contributed by atoms with Crippen LogP contribution in [-0.4, -0.2) is 31.4 Å². The minimum Gasteiger partial charge on any atom is -0.462 e. The van der Waals surface area contributed by atoms with Crippen molar-refractivity contribution in [1.29, 1.82) is 0 Å². The second-order valence-corrected chi connectivity index (χ2v) is 7.25. The van der Waals surface area contributed by atoms with E-state index in [4.69, 9.17) is 9.47 Å². The van der Waals surface area contributed by atoms with Gasteiger partial charge in [0.25, 0.3) is 0 Å². The number of hydrogen-bond acceptors (Lipinski definition) is 5. The van der Waals surface area contributed by atoms with E-state index in [9.17, 15) is 14.4 Å². The summed E-state index contributed by atoms with van der Waals surface area (Å²) in [6.45, 7) is 3.79. The van der Waals surface area contributed by atoms with Gasteiger partial charge >= 0.3 is 11.9 Å². The molecule has 0 atom stereocenters. The summed E-state index contributed by atoms with van der Waals surface area (Å²) in [5.41, 5.74) is 1.43. The lowest BCUT2D eigenvalue weighted by molar-refractivity contribution is -0.146. The van der Waals surface area contributed by atoms with Crippen LogP contribution in [0.4, 0.5) is 0 Å². The molecule has 0 aromatic heterocycles. The van der Waals surface area contributed by atoms with Crippen LogP contribution < -0.4 is 0 Å². The molecule has 0 fully saturated rings. The number of carbonyl (C=O) groups excluding carboxylic acids is 3. The second-order valence-electron chi connectivity index (χ2n) is 7.25. The van der Waals surface area contributed by atoms with E-state index in [-0.39, 0.29) is 18.8 Å². The molecule has 5 nitrogen and oxygen atoms in total. The second kappa shape index (κ2) is 12.1. The Kier molecular flexibility index (Phi) is 8.69. The molecule has 0 unspecified atom stereocenters. The smallest absolute Gasteiger partial charge is 0.345 e. The van der Waals surface area contributed by atoms with Crippen LogP contribution in [0, 0.1) is 0 Å². The SMILES string of the molecule is CCOC(=O)C(=Cc1cccc2ccccc12)C(=O)OCC.O=Cc1cccc2ccccc12. The zero-order valence-corrected chi connectivity index (χ0v) is 19.2. The molecule has 0 saturated heterocycles. The number of rotatable bonds is 6.